The maximum Gasteiger partial charge on any atom is 0.263 e. The second-order valence-corrected chi connectivity index (χ2v) is 10.0. The molecule has 2 amide bonds. The second-order valence-electron chi connectivity index (χ2n) is 10.0. The van der Waals surface area contributed by atoms with Crippen molar-refractivity contribution in [3.63, 3.8) is 0 Å². The highest BCUT2D eigenvalue weighted by Crippen LogP contribution is 2.41. The quantitative estimate of drug-likeness (QED) is 0.434. The molecule has 0 spiro atoms. The van der Waals surface area contributed by atoms with E-state index in [4.69, 9.17) is 9.15 Å². The minimum absolute atomic E-state index is 0.0905. The normalized spacial score (nSPS) is 17.9. The summed E-state index contributed by atoms with van der Waals surface area (Å²) in [7, 11) is 1.76. The van der Waals surface area contributed by atoms with Gasteiger partial charge in [0.25, 0.3) is 5.91 Å². The average molecular weight is 487 g/mol. The van der Waals surface area contributed by atoms with E-state index in [0.29, 0.717) is 25.3 Å². The summed E-state index contributed by atoms with van der Waals surface area (Å²) in [6, 6.07) is 18.0. The average Bonchev–Trinajstić information content (AvgIpc) is 3.62. The molecule has 1 aromatic heterocycles. The monoisotopic (exact) mass is 486 g/mol. The first-order valence-corrected chi connectivity index (χ1v) is 12.9. The van der Waals surface area contributed by atoms with Crippen molar-refractivity contribution in [3.8, 4) is 5.75 Å². The van der Waals surface area contributed by atoms with Crippen molar-refractivity contribution in [1.29, 1.82) is 0 Å². The number of rotatable bonds is 8. The van der Waals surface area contributed by atoms with Crippen LogP contribution in [0.3, 0.4) is 0 Å². The number of ether oxygens (including phenoxy) is 1. The van der Waals surface area contributed by atoms with Crippen molar-refractivity contribution in [2.75, 3.05) is 13.6 Å². The van der Waals surface area contributed by atoms with Gasteiger partial charge < -0.3 is 19.0 Å². The van der Waals surface area contributed by atoms with E-state index < -0.39 is 6.10 Å². The Morgan fingerprint density at radius 2 is 1.92 bits per heavy atom. The molecule has 1 aliphatic carbocycles. The lowest BCUT2D eigenvalue weighted by Crippen LogP contribution is -2.41. The molecule has 0 radical (unpaired) electrons. The van der Waals surface area contributed by atoms with Gasteiger partial charge in [-0.2, -0.15) is 0 Å². The Kier molecular flexibility index (Phi) is 6.86. The van der Waals surface area contributed by atoms with Crippen LogP contribution in [0.25, 0.3) is 0 Å². The Labute approximate surface area is 212 Å². The van der Waals surface area contributed by atoms with Crippen LogP contribution in [0.4, 0.5) is 0 Å². The molecule has 188 valence electrons. The zero-order valence-electron chi connectivity index (χ0n) is 21.3. The topological polar surface area (TPSA) is 63.0 Å². The van der Waals surface area contributed by atoms with E-state index in [9.17, 15) is 9.59 Å². The zero-order valence-corrected chi connectivity index (χ0v) is 21.3. The first-order chi connectivity index (χ1) is 17.4. The van der Waals surface area contributed by atoms with Gasteiger partial charge in [0.15, 0.2) is 6.10 Å². The van der Waals surface area contributed by atoms with Crippen LogP contribution in [0.1, 0.15) is 60.2 Å². The number of fused-ring (bicyclic) bond motifs is 1. The Balaban J connectivity index is 1.41. The molecule has 2 atom stereocenters. The van der Waals surface area contributed by atoms with Crippen molar-refractivity contribution in [2.24, 2.45) is 5.92 Å². The molecular formula is C30H34N2O4. The Morgan fingerprint density at radius 3 is 2.58 bits per heavy atom. The summed E-state index contributed by atoms with van der Waals surface area (Å²) in [6.45, 7) is 5.13. The van der Waals surface area contributed by atoms with Crippen LogP contribution in [0, 0.1) is 12.8 Å². The summed E-state index contributed by atoms with van der Waals surface area (Å²) in [5, 5.41) is 0. The van der Waals surface area contributed by atoms with Crippen molar-refractivity contribution in [3.05, 3.63) is 88.9 Å². The number of hydrogen-bond donors (Lipinski definition) is 0. The van der Waals surface area contributed by atoms with Gasteiger partial charge in [-0.3, -0.25) is 9.59 Å². The fraction of sp³-hybridized carbons (Fsp3) is 0.400. The third-order valence-corrected chi connectivity index (χ3v) is 7.22. The second kappa shape index (κ2) is 10.2. The van der Waals surface area contributed by atoms with E-state index in [-0.39, 0.29) is 23.8 Å². The maximum absolute atomic E-state index is 13.3. The number of nitrogens with zero attached hydrogens (tertiary/aromatic N) is 2. The van der Waals surface area contributed by atoms with Crippen LogP contribution in [0.15, 0.2) is 65.3 Å². The van der Waals surface area contributed by atoms with Crippen LogP contribution in [-0.2, 0) is 22.6 Å². The molecule has 0 N–H and O–H groups in total. The Morgan fingerprint density at radius 1 is 1.14 bits per heavy atom. The first-order valence-electron chi connectivity index (χ1n) is 12.9. The number of carbonyl (C=O) groups is 2. The molecule has 36 heavy (non-hydrogen) atoms. The van der Waals surface area contributed by atoms with Crippen LogP contribution in [0.2, 0.25) is 0 Å². The molecule has 0 unspecified atom stereocenters. The molecular weight excluding hydrogens is 452 g/mol. The fourth-order valence-corrected chi connectivity index (χ4v) is 5.01. The molecule has 1 fully saturated rings. The van der Waals surface area contributed by atoms with E-state index in [1.807, 2.05) is 36.1 Å². The Hall–Kier alpha value is -3.54. The van der Waals surface area contributed by atoms with Crippen molar-refractivity contribution in [1.82, 2.24) is 9.80 Å². The lowest BCUT2D eigenvalue weighted by molar-refractivity contribution is -0.138. The van der Waals surface area contributed by atoms with Gasteiger partial charge in [0.1, 0.15) is 11.5 Å². The van der Waals surface area contributed by atoms with Crippen molar-refractivity contribution < 1.29 is 18.7 Å². The fourth-order valence-electron chi connectivity index (χ4n) is 5.01. The van der Waals surface area contributed by atoms with E-state index in [1.165, 1.54) is 11.1 Å². The Bertz CT molecular complexity index is 1210. The van der Waals surface area contributed by atoms with Crippen LogP contribution < -0.4 is 4.74 Å². The summed E-state index contributed by atoms with van der Waals surface area (Å²) in [6.07, 6.45) is 4.34. The number of furan rings is 1. The number of benzene rings is 2. The third kappa shape index (κ3) is 5.03. The van der Waals surface area contributed by atoms with E-state index in [0.717, 1.165) is 36.1 Å². The van der Waals surface area contributed by atoms with Gasteiger partial charge in [-0.1, -0.05) is 42.8 Å². The minimum Gasteiger partial charge on any atom is -0.481 e. The highest BCUT2D eigenvalue weighted by atomic mass is 16.5. The van der Waals surface area contributed by atoms with E-state index in [1.54, 1.807) is 18.2 Å². The highest BCUT2D eigenvalue weighted by molar-refractivity contribution is 5.82. The predicted octanol–water partition coefficient (Wildman–Crippen LogP) is 5.29. The molecule has 6 heteroatoms. The first kappa shape index (κ1) is 24.2. The molecule has 1 saturated carbocycles. The molecule has 1 aliphatic heterocycles. The van der Waals surface area contributed by atoms with Crippen LogP contribution >= 0.6 is 0 Å². The largest absolute Gasteiger partial charge is 0.481 e. The van der Waals surface area contributed by atoms with E-state index >= 15 is 0 Å². The number of amides is 2. The van der Waals surface area contributed by atoms with Gasteiger partial charge in [0.05, 0.1) is 18.8 Å². The lowest BCUT2D eigenvalue weighted by Gasteiger charge is -2.38. The number of carbonyl (C=O) groups excluding carboxylic acids is 2. The smallest absolute Gasteiger partial charge is 0.263 e. The molecule has 3 aromatic rings. The molecule has 2 aromatic carbocycles. The zero-order chi connectivity index (χ0) is 25.2. The van der Waals surface area contributed by atoms with Gasteiger partial charge in [0, 0.05) is 19.5 Å². The lowest BCUT2D eigenvalue weighted by atomic mass is 9.87. The molecule has 2 aliphatic rings. The van der Waals surface area contributed by atoms with Gasteiger partial charge in [-0.25, -0.2) is 0 Å². The molecule has 0 saturated heterocycles. The van der Waals surface area contributed by atoms with Gasteiger partial charge in [-0.15, -0.1) is 0 Å². The standard InChI is InChI=1S/C30H34N2O4/c1-4-27(30(34)31(3)19-25-6-5-17-35-25)36-24-14-13-21-15-16-32(29(33)23-11-12-23)28(26(21)18-24)22-9-7-20(2)8-10-22/h5-10,13-14,17-18,23,27-28H,4,11-12,15-16,19H2,1-3H3/t27-,28+/m0/s1. The van der Waals surface area contributed by atoms with E-state index in [2.05, 4.69) is 37.3 Å². The van der Waals surface area contributed by atoms with Crippen molar-refractivity contribution in [2.45, 2.75) is 58.2 Å². The van der Waals surface area contributed by atoms with Gasteiger partial charge in [0.2, 0.25) is 5.91 Å². The van der Waals surface area contributed by atoms with Gasteiger partial charge >= 0.3 is 0 Å². The van der Waals surface area contributed by atoms with Crippen molar-refractivity contribution >= 4 is 11.8 Å². The summed E-state index contributed by atoms with van der Waals surface area (Å²) in [5.74, 6) is 1.70. The third-order valence-electron chi connectivity index (χ3n) is 7.22. The molecule has 0 bridgehead atoms. The summed E-state index contributed by atoms with van der Waals surface area (Å²) in [4.78, 5) is 30.1. The van der Waals surface area contributed by atoms with Crippen LogP contribution in [0.5, 0.6) is 5.75 Å². The minimum atomic E-state index is -0.603. The summed E-state index contributed by atoms with van der Waals surface area (Å²) < 4.78 is 11.7. The number of aryl methyl sites for hydroxylation is 1. The van der Waals surface area contributed by atoms with Gasteiger partial charge in [-0.05, 0) is 73.6 Å². The summed E-state index contributed by atoms with van der Waals surface area (Å²) in [5.41, 5.74) is 4.61. The SMILES string of the molecule is CC[C@H](Oc1ccc2c(c1)[C@@H](c1ccc(C)cc1)N(C(=O)C1CC1)CC2)C(=O)N(C)Cc1ccco1. The number of hydrogen-bond acceptors (Lipinski definition) is 4. The number of likely N-dealkylation sites (N-methyl/N-ethyl adjacent to an activating group) is 1. The highest BCUT2D eigenvalue weighted by Gasteiger charge is 2.39. The summed E-state index contributed by atoms with van der Waals surface area (Å²) >= 11 is 0. The molecule has 2 heterocycles. The van der Waals surface area contributed by atoms with Crippen LogP contribution in [-0.4, -0.2) is 41.3 Å². The maximum atomic E-state index is 13.3. The molecule has 5 rings (SSSR count). The molecule has 6 nitrogen and oxygen atoms in total. The predicted molar refractivity (Wildman–Crippen MR) is 137 cm³/mol.